The number of nitrogens with one attached hydrogen (secondary N) is 1. The zero-order valence-corrected chi connectivity index (χ0v) is 8.87. The lowest BCUT2D eigenvalue weighted by atomic mass is 9.95. The van der Waals surface area contributed by atoms with Gasteiger partial charge in [0.05, 0.1) is 12.5 Å². The molecule has 0 spiro atoms. The molecule has 5 heteroatoms. The highest BCUT2D eigenvalue weighted by Crippen LogP contribution is 2.17. The van der Waals surface area contributed by atoms with E-state index >= 15 is 0 Å². The van der Waals surface area contributed by atoms with Crippen LogP contribution in [0.25, 0.3) is 0 Å². The van der Waals surface area contributed by atoms with Crippen LogP contribution in [-0.2, 0) is 9.59 Å². The van der Waals surface area contributed by atoms with Crippen molar-refractivity contribution in [3.63, 3.8) is 0 Å². The van der Waals surface area contributed by atoms with Gasteiger partial charge in [0.1, 0.15) is 0 Å². The van der Waals surface area contributed by atoms with E-state index in [4.69, 9.17) is 11.5 Å². The van der Waals surface area contributed by atoms with Crippen LogP contribution in [0.1, 0.15) is 38.5 Å². The number of carbonyl (C=O) groups is 2. The van der Waals surface area contributed by atoms with E-state index in [1.165, 1.54) is 6.42 Å². The lowest BCUT2D eigenvalue weighted by Crippen LogP contribution is -2.47. The molecule has 0 radical (unpaired) electrons. The van der Waals surface area contributed by atoms with Gasteiger partial charge in [-0.15, -0.1) is 0 Å². The van der Waals surface area contributed by atoms with Crippen molar-refractivity contribution in [1.82, 2.24) is 5.32 Å². The molecule has 5 N–H and O–H groups in total. The number of hydrogen-bond acceptors (Lipinski definition) is 3. The van der Waals surface area contributed by atoms with Crippen molar-refractivity contribution in [3.05, 3.63) is 0 Å². The molecule has 1 rings (SSSR count). The molecule has 0 aromatic carbocycles. The van der Waals surface area contributed by atoms with E-state index in [1.807, 2.05) is 0 Å². The number of hydrogen-bond donors (Lipinski definition) is 3. The molecule has 1 fully saturated rings. The molecule has 1 atom stereocenters. The normalized spacial score (nSPS) is 19.5. The van der Waals surface area contributed by atoms with Crippen LogP contribution in [0.15, 0.2) is 0 Å². The van der Waals surface area contributed by atoms with Gasteiger partial charge in [-0.25, -0.2) is 0 Å². The van der Waals surface area contributed by atoms with Crippen LogP contribution in [0.5, 0.6) is 0 Å². The van der Waals surface area contributed by atoms with Crippen LogP contribution in [0, 0.1) is 0 Å². The minimum atomic E-state index is -0.801. The zero-order valence-electron chi connectivity index (χ0n) is 8.87. The summed E-state index contributed by atoms with van der Waals surface area (Å²) in [7, 11) is 0. The summed E-state index contributed by atoms with van der Waals surface area (Å²) in [5.41, 5.74) is 10.5. The summed E-state index contributed by atoms with van der Waals surface area (Å²) in [6.45, 7) is 0. The van der Waals surface area contributed by atoms with E-state index in [1.54, 1.807) is 0 Å². The first-order chi connectivity index (χ1) is 7.09. The highest BCUT2D eigenvalue weighted by molar-refractivity contribution is 5.87. The monoisotopic (exact) mass is 213 g/mol. The molecule has 5 nitrogen and oxygen atoms in total. The third-order valence-electron chi connectivity index (χ3n) is 2.71. The van der Waals surface area contributed by atoms with Crippen molar-refractivity contribution < 1.29 is 9.59 Å². The van der Waals surface area contributed by atoms with Crippen LogP contribution in [0.3, 0.4) is 0 Å². The second-order valence-electron chi connectivity index (χ2n) is 4.12. The zero-order chi connectivity index (χ0) is 11.3. The quantitative estimate of drug-likeness (QED) is 0.594. The largest absolute Gasteiger partial charge is 0.370 e. The summed E-state index contributed by atoms with van der Waals surface area (Å²) in [5.74, 6) is -0.804. The predicted molar refractivity (Wildman–Crippen MR) is 56.8 cm³/mol. The van der Waals surface area contributed by atoms with Crippen LogP contribution < -0.4 is 16.8 Å². The molecular weight excluding hydrogens is 194 g/mol. The molecule has 0 aromatic rings. The van der Waals surface area contributed by atoms with Crippen molar-refractivity contribution in [2.45, 2.75) is 50.6 Å². The summed E-state index contributed by atoms with van der Waals surface area (Å²) in [5, 5.41) is 2.85. The Morgan fingerprint density at radius 3 is 2.40 bits per heavy atom. The fourth-order valence-electron chi connectivity index (χ4n) is 1.86. The van der Waals surface area contributed by atoms with Crippen molar-refractivity contribution >= 4 is 11.8 Å². The van der Waals surface area contributed by atoms with Gasteiger partial charge in [0, 0.05) is 6.04 Å². The maximum atomic E-state index is 11.5. The second kappa shape index (κ2) is 5.70. The first-order valence-electron chi connectivity index (χ1n) is 5.44. The third kappa shape index (κ3) is 4.29. The molecule has 1 saturated carbocycles. The summed E-state index contributed by atoms with van der Waals surface area (Å²) in [6.07, 6.45) is 5.47. The molecule has 0 aliphatic heterocycles. The highest BCUT2D eigenvalue weighted by atomic mass is 16.2. The van der Waals surface area contributed by atoms with Gasteiger partial charge in [-0.3, -0.25) is 9.59 Å². The fourth-order valence-corrected chi connectivity index (χ4v) is 1.86. The lowest BCUT2D eigenvalue weighted by molar-refractivity contribution is -0.127. The average Bonchev–Trinajstić information content (AvgIpc) is 2.18. The first kappa shape index (κ1) is 12.0. The minimum Gasteiger partial charge on any atom is -0.370 e. The molecule has 0 saturated heterocycles. The summed E-state index contributed by atoms with van der Waals surface area (Å²) in [4.78, 5) is 22.1. The van der Waals surface area contributed by atoms with E-state index in [2.05, 4.69) is 5.32 Å². The van der Waals surface area contributed by atoms with Gasteiger partial charge in [0.25, 0.3) is 0 Å². The maximum Gasteiger partial charge on any atom is 0.237 e. The Morgan fingerprint density at radius 2 is 1.87 bits per heavy atom. The van der Waals surface area contributed by atoms with E-state index < -0.39 is 11.9 Å². The summed E-state index contributed by atoms with van der Waals surface area (Å²) >= 11 is 0. The maximum absolute atomic E-state index is 11.5. The first-order valence-corrected chi connectivity index (χ1v) is 5.44. The molecule has 0 aromatic heterocycles. The number of nitrogens with two attached hydrogens (primary N) is 2. The van der Waals surface area contributed by atoms with Crippen molar-refractivity contribution in [3.8, 4) is 0 Å². The summed E-state index contributed by atoms with van der Waals surface area (Å²) in [6, 6.07) is -0.574. The van der Waals surface area contributed by atoms with E-state index in [0.29, 0.717) is 0 Å². The number of primary amides is 1. The number of rotatable bonds is 4. The van der Waals surface area contributed by atoms with Gasteiger partial charge < -0.3 is 16.8 Å². The van der Waals surface area contributed by atoms with E-state index in [0.717, 1.165) is 25.7 Å². The smallest absolute Gasteiger partial charge is 0.237 e. The van der Waals surface area contributed by atoms with Gasteiger partial charge in [0.2, 0.25) is 11.8 Å². The predicted octanol–water partition coefficient (Wildman–Crippen LogP) is -0.362. The molecule has 2 amide bonds. The number of carbonyl (C=O) groups excluding carboxylic acids is 2. The summed E-state index contributed by atoms with van der Waals surface area (Å²) < 4.78 is 0. The molecule has 15 heavy (non-hydrogen) atoms. The van der Waals surface area contributed by atoms with E-state index in [-0.39, 0.29) is 18.4 Å². The van der Waals surface area contributed by atoms with Gasteiger partial charge >= 0.3 is 0 Å². The van der Waals surface area contributed by atoms with Crippen LogP contribution in [-0.4, -0.2) is 23.9 Å². The van der Waals surface area contributed by atoms with Gasteiger partial charge in [-0.2, -0.15) is 0 Å². The van der Waals surface area contributed by atoms with Crippen molar-refractivity contribution in [1.29, 1.82) is 0 Å². The van der Waals surface area contributed by atoms with Crippen LogP contribution >= 0.6 is 0 Å². The third-order valence-corrected chi connectivity index (χ3v) is 2.71. The Labute approximate surface area is 89.6 Å². The van der Waals surface area contributed by atoms with Gasteiger partial charge in [-0.1, -0.05) is 19.3 Å². The Morgan fingerprint density at radius 1 is 1.27 bits per heavy atom. The molecule has 1 unspecified atom stereocenters. The number of amides is 2. The second-order valence-corrected chi connectivity index (χ2v) is 4.12. The molecule has 86 valence electrons. The SMILES string of the molecule is NC(=O)CC(N)C(=O)NC1CCCCC1. The fraction of sp³-hybridized carbons (Fsp3) is 0.800. The molecule has 1 aliphatic carbocycles. The van der Waals surface area contributed by atoms with Crippen LogP contribution in [0.4, 0.5) is 0 Å². The van der Waals surface area contributed by atoms with E-state index in [9.17, 15) is 9.59 Å². The Bertz CT molecular complexity index is 237. The van der Waals surface area contributed by atoms with Crippen molar-refractivity contribution in [2.75, 3.05) is 0 Å². The Kier molecular flexibility index (Phi) is 4.55. The van der Waals surface area contributed by atoms with Crippen LogP contribution in [0.2, 0.25) is 0 Å². The highest BCUT2D eigenvalue weighted by Gasteiger charge is 2.20. The average molecular weight is 213 g/mol. The minimum absolute atomic E-state index is 0.0848. The Balaban J connectivity index is 2.30. The molecular formula is C10H19N3O2. The Hall–Kier alpha value is -1.10. The van der Waals surface area contributed by atoms with Crippen molar-refractivity contribution in [2.24, 2.45) is 11.5 Å². The van der Waals surface area contributed by atoms with Gasteiger partial charge in [-0.05, 0) is 12.8 Å². The topological polar surface area (TPSA) is 98.2 Å². The lowest BCUT2D eigenvalue weighted by Gasteiger charge is -2.24. The standard InChI is InChI=1S/C10H19N3O2/c11-8(6-9(12)14)10(15)13-7-4-2-1-3-5-7/h7-8H,1-6,11H2,(H2,12,14)(H,13,15). The molecule has 0 heterocycles. The molecule has 1 aliphatic rings. The van der Waals surface area contributed by atoms with Gasteiger partial charge in [0.15, 0.2) is 0 Å². The molecule has 0 bridgehead atoms.